The summed E-state index contributed by atoms with van der Waals surface area (Å²) in [7, 11) is 1.74. The van der Waals surface area contributed by atoms with Gasteiger partial charge in [-0.25, -0.2) is 0 Å². The Morgan fingerprint density at radius 3 is 2.41 bits per heavy atom. The fourth-order valence-electron chi connectivity index (χ4n) is 5.18. The first-order valence-electron chi connectivity index (χ1n) is 11.4. The molecule has 1 aromatic carbocycles. The summed E-state index contributed by atoms with van der Waals surface area (Å²) in [5.41, 5.74) is 3.98. The molecule has 164 valence electrons. The highest BCUT2D eigenvalue weighted by molar-refractivity contribution is 5.43. The van der Waals surface area contributed by atoms with Gasteiger partial charge in [-0.2, -0.15) is 0 Å². The molecule has 2 heterocycles. The van der Waals surface area contributed by atoms with Crippen LogP contribution >= 0.6 is 0 Å². The van der Waals surface area contributed by atoms with E-state index >= 15 is 0 Å². The monoisotopic (exact) mass is 403 g/mol. The van der Waals surface area contributed by atoms with Crippen molar-refractivity contribution in [3.8, 4) is 5.75 Å². The minimum atomic E-state index is 0.278. The van der Waals surface area contributed by atoms with Gasteiger partial charge in [0, 0.05) is 50.9 Å². The summed E-state index contributed by atoms with van der Waals surface area (Å²) < 4.78 is 5.47. The van der Waals surface area contributed by atoms with Crippen LogP contribution in [0.5, 0.6) is 5.75 Å². The Hall–Kier alpha value is -1.14. The molecule has 3 rings (SSSR count). The van der Waals surface area contributed by atoms with Crippen molar-refractivity contribution < 1.29 is 9.84 Å². The van der Waals surface area contributed by atoms with Crippen LogP contribution in [0.3, 0.4) is 0 Å². The number of ether oxygens (including phenoxy) is 1. The molecule has 1 aromatic rings. The topological polar surface area (TPSA) is 39.2 Å². The van der Waals surface area contributed by atoms with E-state index in [0.29, 0.717) is 18.1 Å². The molecule has 1 atom stereocenters. The molecule has 0 aliphatic carbocycles. The van der Waals surface area contributed by atoms with Crippen LogP contribution in [-0.2, 0) is 6.54 Å². The number of methoxy groups -OCH3 is 1. The van der Waals surface area contributed by atoms with E-state index in [9.17, 15) is 5.11 Å². The van der Waals surface area contributed by atoms with E-state index in [2.05, 4.69) is 54.5 Å². The predicted molar refractivity (Wildman–Crippen MR) is 120 cm³/mol. The number of hydrogen-bond donors (Lipinski definition) is 1. The third kappa shape index (κ3) is 5.32. The fourth-order valence-corrected chi connectivity index (χ4v) is 5.18. The van der Waals surface area contributed by atoms with Gasteiger partial charge in [-0.1, -0.05) is 6.07 Å². The quantitative estimate of drug-likeness (QED) is 0.758. The lowest BCUT2D eigenvalue weighted by Gasteiger charge is -2.48. The van der Waals surface area contributed by atoms with Crippen LogP contribution in [0, 0.1) is 13.8 Å². The van der Waals surface area contributed by atoms with E-state index in [1.807, 2.05) is 0 Å². The lowest BCUT2D eigenvalue weighted by molar-refractivity contribution is -0.0000834. The van der Waals surface area contributed by atoms with E-state index in [4.69, 9.17) is 4.74 Å². The zero-order valence-corrected chi connectivity index (χ0v) is 19.2. The third-order valence-electron chi connectivity index (χ3n) is 7.24. The number of aliphatic hydroxyl groups excluding tert-OH is 1. The van der Waals surface area contributed by atoms with E-state index in [1.165, 1.54) is 42.6 Å². The largest absolute Gasteiger partial charge is 0.496 e. The second-order valence-electron chi connectivity index (χ2n) is 9.18. The Bertz CT molecular complexity index is 656. The second-order valence-corrected chi connectivity index (χ2v) is 9.18. The maximum absolute atomic E-state index is 9.70. The summed E-state index contributed by atoms with van der Waals surface area (Å²) in [6, 6.07) is 6.10. The normalized spacial score (nSPS) is 23.1. The van der Waals surface area contributed by atoms with E-state index < -0.39 is 0 Å². The molecule has 1 N–H and O–H groups in total. The zero-order valence-electron chi connectivity index (χ0n) is 19.2. The lowest BCUT2D eigenvalue weighted by atomic mass is 9.96. The van der Waals surface area contributed by atoms with Crippen LogP contribution in [-0.4, -0.2) is 84.4 Å². The highest BCUT2D eigenvalue weighted by atomic mass is 16.5. The summed E-state index contributed by atoms with van der Waals surface area (Å²) >= 11 is 0. The van der Waals surface area contributed by atoms with Crippen LogP contribution in [0.2, 0.25) is 0 Å². The maximum Gasteiger partial charge on any atom is 0.122 e. The lowest BCUT2D eigenvalue weighted by Crippen LogP contribution is -2.58. The first kappa shape index (κ1) is 22.5. The number of rotatable bonds is 7. The van der Waals surface area contributed by atoms with Gasteiger partial charge in [-0.05, 0) is 82.8 Å². The van der Waals surface area contributed by atoms with Crippen molar-refractivity contribution in [3.63, 3.8) is 0 Å². The Kier molecular flexibility index (Phi) is 7.97. The highest BCUT2D eigenvalue weighted by Crippen LogP contribution is 2.28. The van der Waals surface area contributed by atoms with E-state index in [0.717, 1.165) is 38.3 Å². The number of piperazine rings is 1. The van der Waals surface area contributed by atoms with Crippen molar-refractivity contribution in [2.45, 2.75) is 71.6 Å². The molecule has 0 radical (unpaired) electrons. The van der Waals surface area contributed by atoms with Gasteiger partial charge in [0.2, 0.25) is 0 Å². The number of aliphatic hydroxyl groups is 1. The van der Waals surface area contributed by atoms with Crippen LogP contribution in [0.1, 0.15) is 49.8 Å². The van der Waals surface area contributed by atoms with E-state index in [-0.39, 0.29) is 6.61 Å². The van der Waals surface area contributed by atoms with Gasteiger partial charge >= 0.3 is 0 Å². The number of benzene rings is 1. The van der Waals surface area contributed by atoms with Crippen LogP contribution in [0.4, 0.5) is 0 Å². The molecule has 0 aromatic heterocycles. The Balaban J connectivity index is 1.62. The van der Waals surface area contributed by atoms with Crippen molar-refractivity contribution in [1.82, 2.24) is 14.7 Å². The van der Waals surface area contributed by atoms with Crippen LogP contribution in [0.25, 0.3) is 0 Å². The van der Waals surface area contributed by atoms with Crippen LogP contribution in [0.15, 0.2) is 12.1 Å². The smallest absolute Gasteiger partial charge is 0.122 e. The first-order valence-corrected chi connectivity index (χ1v) is 11.4. The van der Waals surface area contributed by atoms with Gasteiger partial charge in [-0.15, -0.1) is 0 Å². The van der Waals surface area contributed by atoms with Crippen molar-refractivity contribution in [2.24, 2.45) is 0 Å². The summed E-state index contributed by atoms with van der Waals surface area (Å²) in [5, 5.41) is 9.70. The zero-order chi connectivity index (χ0) is 21.0. The van der Waals surface area contributed by atoms with Crippen molar-refractivity contribution in [2.75, 3.05) is 46.4 Å². The highest BCUT2D eigenvalue weighted by Gasteiger charge is 2.34. The molecule has 0 bridgehead atoms. The average Bonchev–Trinajstić information content (AvgIpc) is 2.72. The molecule has 0 saturated carbocycles. The minimum Gasteiger partial charge on any atom is -0.496 e. The maximum atomic E-state index is 9.70. The van der Waals surface area contributed by atoms with Gasteiger partial charge in [-0.3, -0.25) is 9.80 Å². The van der Waals surface area contributed by atoms with Crippen molar-refractivity contribution in [3.05, 3.63) is 28.8 Å². The minimum absolute atomic E-state index is 0.278. The van der Waals surface area contributed by atoms with Gasteiger partial charge in [0.15, 0.2) is 0 Å². The Labute approximate surface area is 177 Å². The molecule has 0 amide bonds. The van der Waals surface area contributed by atoms with Gasteiger partial charge in [0.25, 0.3) is 0 Å². The number of likely N-dealkylation sites (tertiary alicyclic amines) is 1. The Morgan fingerprint density at radius 1 is 1.07 bits per heavy atom. The molecular weight excluding hydrogens is 362 g/mol. The average molecular weight is 404 g/mol. The molecular formula is C24H41N3O2. The molecule has 5 heteroatoms. The molecule has 2 saturated heterocycles. The van der Waals surface area contributed by atoms with Crippen molar-refractivity contribution >= 4 is 0 Å². The molecule has 29 heavy (non-hydrogen) atoms. The number of hydrogen-bond acceptors (Lipinski definition) is 5. The summed E-state index contributed by atoms with van der Waals surface area (Å²) in [5.74, 6) is 0.974. The Morgan fingerprint density at radius 2 is 1.79 bits per heavy atom. The summed E-state index contributed by atoms with van der Waals surface area (Å²) in [6.07, 6.45) is 3.40. The molecule has 0 spiro atoms. The van der Waals surface area contributed by atoms with Crippen molar-refractivity contribution in [1.29, 1.82) is 0 Å². The first-order chi connectivity index (χ1) is 13.9. The molecule has 2 aliphatic heterocycles. The molecule has 0 unspecified atom stereocenters. The second kappa shape index (κ2) is 10.3. The van der Waals surface area contributed by atoms with Gasteiger partial charge in [0.05, 0.1) is 7.11 Å². The molecule has 2 fully saturated rings. The molecule has 2 aliphatic rings. The predicted octanol–water partition coefficient (Wildman–Crippen LogP) is 3.05. The number of nitrogens with zero attached hydrogens (tertiary/aromatic N) is 3. The van der Waals surface area contributed by atoms with E-state index in [1.54, 1.807) is 7.11 Å². The molecule has 5 nitrogen and oxygen atoms in total. The van der Waals surface area contributed by atoms with Gasteiger partial charge in [0.1, 0.15) is 5.75 Å². The summed E-state index contributed by atoms with van der Waals surface area (Å²) in [4.78, 5) is 7.90. The fraction of sp³-hybridized carbons (Fsp3) is 0.750. The standard InChI is InChI=1S/C24H41N3O2/c1-18(2)26-11-8-22(9-12-26)27-14-13-25(17-23(27)10-15-28)16-21-6-7-24(29-5)20(4)19(21)3/h6-7,18,22-23,28H,8-17H2,1-5H3/t23-/m0/s1. The van der Waals surface area contributed by atoms with Crippen LogP contribution < -0.4 is 4.74 Å². The summed E-state index contributed by atoms with van der Waals surface area (Å²) in [6.45, 7) is 15.9. The third-order valence-corrected chi connectivity index (χ3v) is 7.24. The number of piperidine rings is 1. The van der Waals surface area contributed by atoms with Gasteiger partial charge < -0.3 is 14.7 Å². The SMILES string of the molecule is COc1ccc(CN2CCN(C3CCN(C(C)C)CC3)[C@@H](CCO)C2)c(C)c1C.